The van der Waals surface area contributed by atoms with Crippen molar-refractivity contribution in [1.29, 1.82) is 0 Å². The van der Waals surface area contributed by atoms with Gasteiger partial charge in [-0.2, -0.15) is 13.2 Å². The van der Waals surface area contributed by atoms with Crippen LogP contribution in [0.2, 0.25) is 0 Å². The van der Waals surface area contributed by atoms with Gasteiger partial charge in [-0.1, -0.05) is 0 Å². The summed E-state index contributed by atoms with van der Waals surface area (Å²) in [6, 6.07) is 2.43. The Morgan fingerprint density at radius 2 is 1.93 bits per heavy atom. The second-order valence-corrected chi connectivity index (χ2v) is 6.78. The topological polar surface area (TPSA) is 76.8 Å². The number of nitrogens with zero attached hydrogens (tertiary/aromatic N) is 6. The van der Waals surface area contributed by atoms with E-state index >= 15 is 0 Å². The first-order chi connectivity index (χ1) is 13.4. The first kappa shape index (κ1) is 18.3. The van der Waals surface area contributed by atoms with E-state index in [1.54, 1.807) is 12.4 Å². The van der Waals surface area contributed by atoms with Crippen molar-refractivity contribution in [2.45, 2.75) is 25.6 Å². The minimum absolute atomic E-state index is 0.183. The lowest BCUT2D eigenvalue weighted by Gasteiger charge is -2.33. The Labute approximate surface area is 157 Å². The highest BCUT2D eigenvalue weighted by Crippen LogP contribution is 2.28. The van der Waals surface area contributed by atoms with Gasteiger partial charge in [0.05, 0.1) is 18.0 Å². The molecule has 28 heavy (non-hydrogen) atoms. The molecular weight excluding hydrogens is 373 g/mol. The number of piperidine rings is 1. The fourth-order valence-electron chi connectivity index (χ4n) is 3.47. The van der Waals surface area contributed by atoms with E-state index in [9.17, 15) is 18.0 Å². The van der Waals surface area contributed by atoms with Crippen LogP contribution >= 0.6 is 0 Å². The Bertz CT molecular complexity index is 1040. The molecule has 4 heterocycles. The van der Waals surface area contributed by atoms with Gasteiger partial charge in [-0.05, 0) is 24.8 Å². The van der Waals surface area contributed by atoms with Crippen molar-refractivity contribution in [3.63, 3.8) is 0 Å². The van der Waals surface area contributed by atoms with Crippen molar-refractivity contribution in [3.8, 4) is 0 Å². The molecule has 0 aromatic carbocycles. The van der Waals surface area contributed by atoms with Gasteiger partial charge in [0.1, 0.15) is 12.1 Å². The van der Waals surface area contributed by atoms with E-state index in [0.29, 0.717) is 12.6 Å². The first-order valence-electron chi connectivity index (χ1n) is 8.85. The Hall–Kier alpha value is -3.04. The van der Waals surface area contributed by atoms with Crippen molar-refractivity contribution < 1.29 is 13.2 Å². The molecule has 0 radical (unpaired) electrons. The van der Waals surface area contributed by atoms with Crippen LogP contribution in [0.15, 0.2) is 42.0 Å². The molecule has 0 amide bonds. The number of hydrogen-bond acceptors (Lipinski definition) is 6. The van der Waals surface area contributed by atoms with Gasteiger partial charge in [-0.3, -0.25) is 14.3 Å². The van der Waals surface area contributed by atoms with Crippen molar-refractivity contribution >= 4 is 16.7 Å². The summed E-state index contributed by atoms with van der Waals surface area (Å²) in [4.78, 5) is 30.2. The summed E-state index contributed by atoms with van der Waals surface area (Å²) in [5.74, 6) is 1.03. The number of halogens is 3. The van der Waals surface area contributed by atoms with E-state index in [1.165, 1.54) is 10.9 Å². The first-order valence-corrected chi connectivity index (χ1v) is 8.85. The molecule has 1 aliphatic rings. The van der Waals surface area contributed by atoms with Crippen LogP contribution < -0.4 is 10.5 Å². The fourth-order valence-corrected chi connectivity index (χ4v) is 3.47. The van der Waals surface area contributed by atoms with Gasteiger partial charge in [-0.15, -0.1) is 0 Å². The highest BCUT2D eigenvalue weighted by molar-refractivity contribution is 5.88. The average molecular weight is 390 g/mol. The van der Waals surface area contributed by atoms with Crippen molar-refractivity contribution in [2.24, 2.45) is 5.92 Å². The molecule has 0 spiro atoms. The van der Waals surface area contributed by atoms with Crippen molar-refractivity contribution in [3.05, 3.63) is 53.2 Å². The van der Waals surface area contributed by atoms with Gasteiger partial charge in [0.15, 0.2) is 5.69 Å². The minimum atomic E-state index is -4.61. The number of rotatable bonds is 3. The molecule has 1 aliphatic heterocycles. The molecule has 10 heteroatoms. The van der Waals surface area contributed by atoms with E-state index in [1.807, 2.05) is 6.07 Å². The molecule has 0 bridgehead atoms. The second-order valence-electron chi connectivity index (χ2n) is 6.78. The summed E-state index contributed by atoms with van der Waals surface area (Å²) in [6.07, 6.45) is 2.87. The molecule has 0 unspecified atom stereocenters. The highest BCUT2D eigenvalue weighted by Gasteiger charge is 2.33. The lowest BCUT2D eigenvalue weighted by Crippen LogP contribution is -2.37. The molecule has 0 atom stereocenters. The normalized spacial score (nSPS) is 15.9. The number of aromatic nitrogens is 5. The molecule has 1 saturated heterocycles. The van der Waals surface area contributed by atoms with E-state index in [0.717, 1.165) is 49.0 Å². The minimum Gasteiger partial charge on any atom is -0.356 e. The average Bonchev–Trinajstić information content (AvgIpc) is 2.69. The largest absolute Gasteiger partial charge is 0.433 e. The third-order valence-electron chi connectivity index (χ3n) is 4.96. The molecule has 0 saturated carbocycles. The summed E-state index contributed by atoms with van der Waals surface area (Å²) in [5.41, 5.74) is -1.07. The number of alkyl halides is 3. The monoisotopic (exact) mass is 390 g/mol. The summed E-state index contributed by atoms with van der Waals surface area (Å²) in [7, 11) is 0. The standard InChI is InChI=1S/C18H17F3N6O/c19-18(20,21)15-7-16(28)27(11-25-15)9-12-2-5-26(6-3-12)17-13-1-4-22-8-14(13)23-10-24-17/h1,4,7-8,10-12H,2-3,5-6,9H2. The van der Waals surface area contributed by atoms with Crippen LogP contribution in [-0.4, -0.2) is 37.6 Å². The van der Waals surface area contributed by atoms with Gasteiger partial charge in [0.25, 0.3) is 5.56 Å². The molecule has 3 aromatic heterocycles. The zero-order valence-corrected chi connectivity index (χ0v) is 14.8. The molecule has 4 rings (SSSR count). The van der Waals surface area contributed by atoms with Gasteiger partial charge in [0, 0.05) is 37.3 Å². The van der Waals surface area contributed by atoms with E-state index in [2.05, 4.69) is 24.8 Å². The summed E-state index contributed by atoms with van der Waals surface area (Å²) in [6.45, 7) is 1.83. The summed E-state index contributed by atoms with van der Waals surface area (Å²) in [5, 5.41) is 0.930. The Morgan fingerprint density at radius 3 is 2.64 bits per heavy atom. The third-order valence-corrected chi connectivity index (χ3v) is 4.96. The zero-order valence-electron chi connectivity index (χ0n) is 14.8. The van der Waals surface area contributed by atoms with Gasteiger partial charge in [0.2, 0.25) is 0 Å². The maximum atomic E-state index is 12.6. The fraction of sp³-hybridized carbons (Fsp3) is 0.389. The number of hydrogen-bond donors (Lipinski definition) is 0. The molecule has 146 valence electrons. The van der Waals surface area contributed by atoms with Gasteiger partial charge in [-0.25, -0.2) is 15.0 Å². The van der Waals surface area contributed by atoms with Crippen LogP contribution in [0.5, 0.6) is 0 Å². The molecule has 3 aromatic rings. The SMILES string of the molecule is O=c1cc(C(F)(F)F)ncn1CC1CCN(c2ncnc3cnccc23)CC1. The predicted molar refractivity (Wildman–Crippen MR) is 95.8 cm³/mol. The lowest BCUT2D eigenvalue weighted by molar-refractivity contribution is -0.141. The van der Waals surface area contributed by atoms with Gasteiger partial charge >= 0.3 is 6.18 Å². The maximum Gasteiger partial charge on any atom is 0.433 e. The lowest BCUT2D eigenvalue weighted by atomic mass is 9.96. The molecule has 0 aliphatic carbocycles. The highest BCUT2D eigenvalue weighted by atomic mass is 19.4. The van der Waals surface area contributed by atoms with Crippen LogP contribution in [0.1, 0.15) is 18.5 Å². The van der Waals surface area contributed by atoms with Crippen LogP contribution in [0.25, 0.3) is 10.9 Å². The Balaban J connectivity index is 1.44. The number of anilines is 1. The summed E-state index contributed by atoms with van der Waals surface area (Å²) < 4.78 is 39.2. The van der Waals surface area contributed by atoms with Crippen molar-refractivity contribution in [2.75, 3.05) is 18.0 Å². The number of pyridine rings is 1. The van der Waals surface area contributed by atoms with E-state index in [-0.39, 0.29) is 5.92 Å². The maximum absolute atomic E-state index is 12.6. The predicted octanol–water partition coefficient (Wildman–Crippen LogP) is 2.52. The van der Waals surface area contributed by atoms with Crippen LogP contribution in [0.3, 0.4) is 0 Å². The van der Waals surface area contributed by atoms with Crippen LogP contribution in [0.4, 0.5) is 19.0 Å². The Morgan fingerprint density at radius 1 is 1.14 bits per heavy atom. The van der Waals surface area contributed by atoms with Crippen LogP contribution in [0, 0.1) is 5.92 Å². The molecule has 0 N–H and O–H groups in total. The Kier molecular flexibility index (Phi) is 4.70. The van der Waals surface area contributed by atoms with E-state index in [4.69, 9.17) is 0 Å². The summed E-state index contributed by atoms with van der Waals surface area (Å²) >= 11 is 0. The second kappa shape index (κ2) is 7.17. The van der Waals surface area contributed by atoms with E-state index < -0.39 is 17.4 Å². The third kappa shape index (κ3) is 3.67. The van der Waals surface area contributed by atoms with Crippen molar-refractivity contribution in [1.82, 2.24) is 24.5 Å². The quantitative estimate of drug-likeness (QED) is 0.684. The molecule has 7 nitrogen and oxygen atoms in total. The number of fused-ring (bicyclic) bond motifs is 1. The van der Waals surface area contributed by atoms with Gasteiger partial charge < -0.3 is 4.90 Å². The molecule has 1 fully saturated rings. The van der Waals surface area contributed by atoms with Crippen LogP contribution in [-0.2, 0) is 12.7 Å². The zero-order chi connectivity index (χ0) is 19.7. The smallest absolute Gasteiger partial charge is 0.356 e. The molecular formula is C18H17F3N6O.